The van der Waals surface area contributed by atoms with Crippen LogP contribution >= 0.6 is 0 Å². The number of hydrogen-bond donors (Lipinski definition) is 4. The topological polar surface area (TPSA) is 207 Å². The lowest BCUT2D eigenvalue weighted by Crippen LogP contribution is -2.20. The number of aromatic nitrogens is 8. The summed E-state index contributed by atoms with van der Waals surface area (Å²) < 4.78 is 11.1. The van der Waals surface area contributed by atoms with Crippen molar-refractivity contribution in [3.63, 3.8) is 0 Å². The number of anilines is 1. The Morgan fingerprint density at radius 1 is 0.907 bits per heavy atom. The number of aryl methyl sites for hydroxylation is 5. The van der Waals surface area contributed by atoms with Gasteiger partial charge in [0.25, 0.3) is 5.91 Å². The second kappa shape index (κ2) is 14.0. The molecule has 3 amide bonds. The lowest BCUT2D eigenvalue weighted by atomic mass is 9.96. The van der Waals surface area contributed by atoms with Gasteiger partial charge in [-0.15, -0.1) is 0 Å². The Balaban J connectivity index is 1.28. The number of carbonyl (C=O) groups excluding carboxylic acids is 3. The quantitative estimate of drug-likeness (QED) is 0.120. The molecule has 7 rings (SSSR count). The summed E-state index contributed by atoms with van der Waals surface area (Å²) in [6.07, 6.45) is 4.21. The van der Waals surface area contributed by atoms with Gasteiger partial charge in [-0.1, -0.05) is 12.2 Å². The molecule has 7 aromatic rings. The maximum absolute atomic E-state index is 13.5. The first-order chi connectivity index (χ1) is 25.9. The number of nitrogens with two attached hydrogens (primary N) is 2. The summed E-state index contributed by atoms with van der Waals surface area (Å²) in [5.41, 5.74) is 19.9. The van der Waals surface area contributed by atoms with E-state index in [0.717, 1.165) is 38.9 Å². The molecule has 0 fully saturated rings. The molecule has 0 unspecified atom stereocenters. The molecule has 15 heteroatoms. The number of imidazole rings is 1. The molecule has 6 N–H and O–H groups in total. The second-order valence-electron chi connectivity index (χ2n) is 13.1. The molecule has 0 bridgehead atoms. The van der Waals surface area contributed by atoms with E-state index >= 15 is 0 Å². The van der Waals surface area contributed by atoms with Crippen molar-refractivity contribution >= 4 is 56.6 Å². The number of nitrogens with zero attached hydrogens (tertiary/aromatic N) is 7. The molecule has 0 spiro atoms. The Kier molecular flexibility index (Phi) is 9.23. The highest BCUT2D eigenvalue weighted by Gasteiger charge is 2.23. The van der Waals surface area contributed by atoms with Crippen LogP contribution in [0.5, 0.6) is 5.75 Å². The first-order valence-electron chi connectivity index (χ1n) is 17.6. The van der Waals surface area contributed by atoms with Gasteiger partial charge in [-0.3, -0.25) is 29.1 Å². The molecule has 0 aliphatic rings. The van der Waals surface area contributed by atoms with Crippen LogP contribution in [0.15, 0.2) is 54.6 Å². The van der Waals surface area contributed by atoms with Crippen molar-refractivity contribution in [2.45, 2.75) is 60.7 Å². The number of pyridine rings is 1. The van der Waals surface area contributed by atoms with Crippen molar-refractivity contribution in [3.05, 3.63) is 94.0 Å². The van der Waals surface area contributed by atoms with Gasteiger partial charge in [0.2, 0.25) is 17.8 Å². The molecular formula is C39H41N11O4. The predicted molar refractivity (Wildman–Crippen MR) is 207 cm³/mol. The molecule has 2 aromatic carbocycles. The van der Waals surface area contributed by atoms with Gasteiger partial charge in [0.1, 0.15) is 17.1 Å². The zero-order valence-corrected chi connectivity index (χ0v) is 30.9. The van der Waals surface area contributed by atoms with Crippen molar-refractivity contribution in [1.82, 2.24) is 39.1 Å². The summed E-state index contributed by atoms with van der Waals surface area (Å²) in [5.74, 6) is -0.787. The highest BCUT2D eigenvalue weighted by Crippen LogP contribution is 2.37. The van der Waals surface area contributed by atoms with Crippen LogP contribution in [0.25, 0.3) is 44.4 Å². The van der Waals surface area contributed by atoms with Crippen LogP contribution in [0.2, 0.25) is 0 Å². The fourth-order valence-electron chi connectivity index (χ4n) is 7.13. The molecule has 5 aromatic heterocycles. The summed E-state index contributed by atoms with van der Waals surface area (Å²) >= 11 is 0. The van der Waals surface area contributed by atoms with Gasteiger partial charge < -0.3 is 25.8 Å². The fraction of sp³-hybridized carbons (Fsp3) is 0.256. The number of benzene rings is 2. The number of nitrogens with one attached hydrogen (secondary N) is 2. The predicted octanol–water partition coefficient (Wildman–Crippen LogP) is 5.35. The Morgan fingerprint density at radius 2 is 1.65 bits per heavy atom. The Morgan fingerprint density at radius 3 is 2.35 bits per heavy atom. The normalized spacial score (nSPS) is 11.7. The maximum atomic E-state index is 13.5. The fourth-order valence-corrected chi connectivity index (χ4v) is 7.13. The smallest absolute Gasteiger partial charge is 0.276 e. The van der Waals surface area contributed by atoms with Crippen LogP contribution in [-0.2, 0) is 26.1 Å². The molecular weight excluding hydrogens is 687 g/mol. The van der Waals surface area contributed by atoms with Crippen LogP contribution < -0.4 is 21.5 Å². The lowest BCUT2D eigenvalue weighted by molar-refractivity contribution is 0.0991. The number of rotatable bonds is 12. The highest BCUT2D eigenvalue weighted by molar-refractivity contribution is 6.14. The van der Waals surface area contributed by atoms with E-state index in [-0.39, 0.29) is 11.9 Å². The molecule has 5 heterocycles. The van der Waals surface area contributed by atoms with E-state index in [9.17, 15) is 14.4 Å². The van der Waals surface area contributed by atoms with E-state index in [1.165, 1.54) is 0 Å². The third-order valence-electron chi connectivity index (χ3n) is 9.51. The SMILES string of the molecule is CCn1nc(C)cc1C(=O)Nc1nc2cc(C(N)=O)cc(C)c2n1CC=CCc1c(C(N)=O)cc(OC)c2[nH]c3nc(-c4cc(C)nn4CC)ccc3c12. The van der Waals surface area contributed by atoms with Gasteiger partial charge in [-0.2, -0.15) is 10.2 Å². The van der Waals surface area contributed by atoms with E-state index in [2.05, 4.69) is 20.5 Å². The van der Waals surface area contributed by atoms with Crippen LogP contribution in [0.4, 0.5) is 5.95 Å². The number of aromatic amines is 1. The third-order valence-corrected chi connectivity index (χ3v) is 9.51. The first kappa shape index (κ1) is 35.6. The number of methoxy groups -OCH3 is 1. The van der Waals surface area contributed by atoms with Crippen LogP contribution in [0.1, 0.15) is 67.6 Å². The van der Waals surface area contributed by atoms with Gasteiger partial charge in [0.15, 0.2) is 0 Å². The van der Waals surface area contributed by atoms with Crippen LogP contribution in [0, 0.1) is 20.8 Å². The Labute approximate surface area is 310 Å². The summed E-state index contributed by atoms with van der Waals surface area (Å²) in [5, 5.41) is 13.5. The average Bonchev–Trinajstić information content (AvgIpc) is 3.91. The zero-order valence-electron chi connectivity index (χ0n) is 30.9. The van der Waals surface area contributed by atoms with Gasteiger partial charge >= 0.3 is 0 Å². The maximum Gasteiger partial charge on any atom is 0.276 e. The van der Waals surface area contributed by atoms with Gasteiger partial charge in [0.05, 0.1) is 46.4 Å². The lowest BCUT2D eigenvalue weighted by Gasteiger charge is -2.12. The van der Waals surface area contributed by atoms with Crippen molar-refractivity contribution in [2.75, 3.05) is 12.4 Å². The number of carbonyl (C=O) groups is 3. The van der Waals surface area contributed by atoms with Gasteiger partial charge in [-0.05, 0) is 94.6 Å². The summed E-state index contributed by atoms with van der Waals surface area (Å²) in [6, 6.07) is 12.6. The minimum atomic E-state index is -0.590. The minimum Gasteiger partial charge on any atom is -0.495 e. The highest BCUT2D eigenvalue weighted by atomic mass is 16.5. The van der Waals surface area contributed by atoms with Crippen LogP contribution in [0.3, 0.4) is 0 Å². The number of allylic oxidation sites excluding steroid dienone is 2. The second-order valence-corrected chi connectivity index (χ2v) is 13.1. The monoisotopic (exact) mass is 727 g/mol. The van der Waals surface area contributed by atoms with Gasteiger partial charge in [0, 0.05) is 41.5 Å². The zero-order chi connectivity index (χ0) is 38.4. The van der Waals surface area contributed by atoms with Crippen molar-refractivity contribution in [3.8, 4) is 17.1 Å². The van der Waals surface area contributed by atoms with Crippen molar-refractivity contribution in [2.24, 2.45) is 11.5 Å². The molecule has 0 radical (unpaired) electrons. The van der Waals surface area contributed by atoms with Crippen molar-refractivity contribution in [1.29, 1.82) is 0 Å². The van der Waals surface area contributed by atoms with E-state index in [1.807, 2.05) is 74.2 Å². The Hall–Kier alpha value is -6.77. The number of hydrogen-bond acceptors (Lipinski definition) is 8. The number of amides is 3. The van der Waals surface area contributed by atoms with Gasteiger partial charge in [-0.25, -0.2) is 9.97 Å². The van der Waals surface area contributed by atoms with E-state index in [1.54, 1.807) is 36.1 Å². The minimum absolute atomic E-state index is 0.286. The van der Waals surface area contributed by atoms with Crippen molar-refractivity contribution < 1.29 is 19.1 Å². The molecule has 0 atom stereocenters. The first-order valence-corrected chi connectivity index (χ1v) is 17.6. The summed E-state index contributed by atoms with van der Waals surface area (Å²) in [7, 11) is 1.55. The molecule has 276 valence electrons. The third kappa shape index (κ3) is 6.22. The molecule has 15 nitrogen and oxygen atoms in total. The largest absolute Gasteiger partial charge is 0.495 e. The van der Waals surface area contributed by atoms with E-state index in [0.29, 0.717) is 76.6 Å². The molecule has 54 heavy (non-hydrogen) atoms. The molecule has 0 aliphatic heterocycles. The van der Waals surface area contributed by atoms with Crippen LogP contribution in [-0.4, -0.2) is 63.9 Å². The molecule has 0 saturated carbocycles. The standard InChI is InChI=1S/C39H41N11O4/c1-7-49-29(16-21(4)46-49)27-13-12-25-32-24(26(36(41)52)19-31(54-6)33(32)44-37(25)42-27)11-9-10-14-48-34-20(3)15-23(35(40)51)18-28(34)43-39(48)45-38(53)30-17-22(5)47-50(30)8-2/h9-10,12-13,15-19H,7-8,11,14H2,1-6H3,(H2,40,51)(H2,41,52)(H,42,44)(H,43,45,53). The van der Waals surface area contributed by atoms with E-state index in [4.69, 9.17) is 26.2 Å². The summed E-state index contributed by atoms with van der Waals surface area (Å²) in [4.78, 5) is 51.6. The number of H-pyrrole nitrogens is 1. The Bertz CT molecular complexity index is 2670. The average molecular weight is 728 g/mol. The molecule has 0 aliphatic carbocycles. The number of ether oxygens (including phenoxy) is 1. The number of primary amides is 2. The summed E-state index contributed by atoms with van der Waals surface area (Å²) in [6.45, 7) is 11.1. The van der Waals surface area contributed by atoms with E-state index < -0.39 is 11.8 Å². The number of fused-ring (bicyclic) bond motifs is 4. The molecule has 0 saturated heterocycles.